The molecule has 0 bridgehead atoms. The van der Waals surface area contributed by atoms with Gasteiger partial charge in [0.1, 0.15) is 12.7 Å². The lowest BCUT2D eigenvalue weighted by Crippen LogP contribution is -2.48. The minimum absolute atomic E-state index is 0.0339. The van der Waals surface area contributed by atoms with E-state index in [4.69, 9.17) is 28.4 Å². The highest BCUT2D eigenvalue weighted by Gasteiger charge is 2.44. The Balaban J connectivity index is 1.74. The Morgan fingerprint density at radius 2 is 1.52 bits per heavy atom. The number of hydrogen-bond acceptors (Lipinski definition) is 9. The van der Waals surface area contributed by atoms with E-state index in [1.165, 1.54) is 0 Å². The van der Waals surface area contributed by atoms with Crippen LogP contribution in [0.5, 0.6) is 0 Å². The van der Waals surface area contributed by atoms with E-state index in [-0.39, 0.29) is 18.6 Å². The molecule has 0 N–H and O–H groups in total. The number of ether oxygens (including phenoxy) is 6. The van der Waals surface area contributed by atoms with Crippen molar-refractivity contribution in [2.45, 2.75) is 109 Å². The van der Waals surface area contributed by atoms with Crippen LogP contribution in [0.2, 0.25) is 0 Å². The molecular formula is C24H40O9. The lowest BCUT2D eigenvalue weighted by Gasteiger charge is -2.40. The number of unbranched alkanes of at least 4 members (excludes halogenated alkanes) is 3. The molecular weight excluding hydrogens is 432 g/mol. The van der Waals surface area contributed by atoms with E-state index in [9.17, 15) is 14.4 Å². The molecule has 2 aliphatic rings. The van der Waals surface area contributed by atoms with Crippen LogP contribution in [0.15, 0.2) is 0 Å². The minimum atomic E-state index is -1.00. The third-order valence-corrected chi connectivity index (χ3v) is 6.49. The van der Waals surface area contributed by atoms with Crippen molar-refractivity contribution >= 4 is 18.5 Å². The zero-order valence-corrected chi connectivity index (χ0v) is 20.1. The maximum Gasteiger partial charge on any atom is 0.511 e. The smallest absolute Gasteiger partial charge is 0.434 e. The quantitative estimate of drug-likeness (QED) is 0.149. The standard InChI is InChI=1S/C24H40O9/c1-3-4-5-11-16-28-21(25)29-17-24(15-10-9-12-19(24)2)33-23(27)31-18-30-22(26)32-20-13-7-6-8-14-20/h19-20H,3-18H2,1-2H3. The van der Waals surface area contributed by atoms with Crippen molar-refractivity contribution in [2.75, 3.05) is 20.0 Å². The molecule has 2 atom stereocenters. The number of rotatable bonds is 11. The van der Waals surface area contributed by atoms with Crippen LogP contribution >= 0.6 is 0 Å². The van der Waals surface area contributed by atoms with Crippen LogP contribution in [0.4, 0.5) is 14.4 Å². The topological polar surface area (TPSA) is 107 Å². The van der Waals surface area contributed by atoms with E-state index < -0.39 is 30.9 Å². The van der Waals surface area contributed by atoms with Crippen LogP contribution in [0.3, 0.4) is 0 Å². The highest BCUT2D eigenvalue weighted by Crippen LogP contribution is 2.37. The van der Waals surface area contributed by atoms with Crippen LogP contribution in [0.25, 0.3) is 0 Å². The average molecular weight is 473 g/mol. The van der Waals surface area contributed by atoms with Gasteiger partial charge in [0.15, 0.2) is 5.60 Å². The molecule has 33 heavy (non-hydrogen) atoms. The van der Waals surface area contributed by atoms with Crippen LogP contribution in [-0.2, 0) is 28.4 Å². The van der Waals surface area contributed by atoms with Gasteiger partial charge in [-0.05, 0) is 57.3 Å². The second kappa shape index (κ2) is 14.9. The van der Waals surface area contributed by atoms with Crippen molar-refractivity contribution in [1.82, 2.24) is 0 Å². The Bertz CT molecular complexity index is 603. The van der Waals surface area contributed by atoms with Gasteiger partial charge < -0.3 is 28.4 Å². The average Bonchev–Trinajstić information content (AvgIpc) is 2.80. The van der Waals surface area contributed by atoms with Crippen LogP contribution in [-0.4, -0.2) is 50.2 Å². The van der Waals surface area contributed by atoms with Crippen molar-refractivity contribution in [3.05, 3.63) is 0 Å². The van der Waals surface area contributed by atoms with E-state index in [2.05, 4.69) is 6.92 Å². The molecule has 9 nitrogen and oxygen atoms in total. The molecule has 9 heteroatoms. The van der Waals surface area contributed by atoms with Crippen molar-refractivity contribution < 1.29 is 42.8 Å². The van der Waals surface area contributed by atoms with Gasteiger partial charge in [-0.25, -0.2) is 14.4 Å². The molecule has 2 rings (SSSR count). The first-order chi connectivity index (χ1) is 15.9. The monoisotopic (exact) mass is 472 g/mol. The summed E-state index contributed by atoms with van der Waals surface area (Å²) in [5.74, 6) is -0.0339. The number of carbonyl (C=O) groups is 3. The van der Waals surface area contributed by atoms with E-state index >= 15 is 0 Å². The first-order valence-electron chi connectivity index (χ1n) is 12.4. The van der Waals surface area contributed by atoms with Gasteiger partial charge in [-0.3, -0.25) is 0 Å². The van der Waals surface area contributed by atoms with E-state index in [0.29, 0.717) is 13.0 Å². The molecule has 2 unspecified atom stereocenters. The van der Waals surface area contributed by atoms with Crippen LogP contribution in [0, 0.1) is 5.92 Å². The number of hydrogen-bond donors (Lipinski definition) is 0. The Labute approximate surface area is 196 Å². The molecule has 0 amide bonds. The third-order valence-electron chi connectivity index (χ3n) is 6.49. The first kappa shape index (κ1) is 27.1. The minimum Gasteiger partial charge on any atom is -0.434 e. The van der Waals surface area contributed by atoms with Gasteiger partial charge >= 0.3 is 18.5 Å². The Morgan fingerprint density at radius 3 is 2.24 bits per heavy atom. The van der Waals surface area contributed by atoms with E-state index in [0.717, 1.165) is 77.0 Å². The summed E-state index contributed by atoms with van der Waals surface area (Å²) < 4.78 is 31.0. The molecule has 0 spiro atoms. The Morgan fingerprint density at radius 1 is 0.788 bits per heavy atom. The maximum absolute atomic E-state index is 12.3. The normalized spacial score (nSPS) is 23.3. The van der Waals surface area contributed by atoms with Crippen molar-refractivity contribution in [1.29, 1.82) is 0 Å². The molecule has 0 aliphatic heterocycles. The molecule has 0 aromatic heterocycles. The van der Waals surface area contributed by atoms with Gasteiger partial charge in [0, 0.05) is 0 Å². The van der Waals surface area contributed by atoms with Gasteiger partial charge in [-0.1, -0.05) is 46.0 Å². The fourth-order valence-corrected chi connectivity index (χ4v) is 4.36. The van der Waals surface area contributed by atoms with Crippen molar-refractivity contribution in [3.63, 3.8) is 0 Å². The first-order valence-corrected chi connectivity index (χ1v) is 12.4. The van der Waals surface area contributed by atoms with Gasteiger partial charge in [-0.2, -0.15) is 0 Å². The lowest BCUT2D eigenvalue weighted by atomic mass is 9.76. The number of carbonyl (C=O) groups excluding carboxylic acids is 3. The molecule has 2 fully saturated rings. The second-order valence-corrected chi connectivity index (χ2v) is 9.05. The molecule has 0 aromatic rings. The summed E-state index contributed by atoms with van der Waals surface area (Å²) >= 11 is 0. The summed E-state index contributed by atoms with van der Waals surface area (Å²) in [6, 6.07) is 0. The zero-order chi connectivity index (χ0) is 23.9. The van der Waals surface area contributed by atoms with Crippen molar-refractivity contribution in [3.8, 4) is 0 Å². The second-order valence-electron chi connectivity index (χ2n) is 9.05. The SMILES string of the molecule is CCCCCCOC(=O)OCC1(OC(=O)OCOC(=O)OC2CCCCC2)CCCCC1C. The predicted octanol–water partition coefficient (Wildman–Crippen LogP) is 6.27. The molecule has 190 valence electrons. The fourth-order valence-electron chi connectivity index (χ4n) is 4.36. The molecule has 0 radical (unpaired) electrons. The zero-order valence-electron chi connectivity index (χ0n) is 20.1. The third kappa shape index (κ3) is 10.1. The summed E-state index contributed by atoms with van der Waals surface area (Å²) in [6.07, 6.45) is 9.25. The largest absolute Gasteiger partial charge is 0.511 e. The van der Waals surface area contributed by atoms with E-state index in [1.807, 2.05) is 6.92 Å². The highest BCUT2D eigenvalue weighted by atomic mass is 16.8. The van der Waals surface area contributed by atoms with E-state index in [1.54, 1.807) is 0 Å². The summed E-state index contributed by atoms with van der Waals surface area (Å²) in [4.78, 5) is 36.1. The summed E-state index contributed by atoms with van der Waals surface area (Å²) in [6.45, 7) is 3.65. The maximum atomic E-state index is 12.3. The lowest BCUT2D eigenvalue weighted by molar-refractivity contribution is -0.129. The van der Waals surface area contributed by atoms with Gasteiger partial charge in [0.05, 0.1) is 6.61 Å². The summed E-state index contributed by atoms with van der Waals surface area (Å²) in [5.41, 5.74) is -1.00. The molecule has 0 saturated heterocycles. The van der Waals surface area contributed by atoms with Gasteiger partial charge in [0.25, 0.3) is 0 Å². The van der Waals surface area contributed by atoms with Crippen LogP contribution < -0.4 is 0 Å². The Hall–Kier alpha value is -2.19. The fraction of sp³-hybridized carbons (Fsp3) is 0.875. The summed E-state index contributed by atoms with van der Waals surface area (Å²) in [7, 11) is 0. The van der Waals surface area contributed by atoms with Gasteiger partial charge in [0.2, 0.25) is 6.79 Å². The summed E-state index contributed by atoms with van der Waals surface area (Å²) in [5, 5.41) is 0. The van der Waals surface area contributed by atoms with Gasteiger partial charge in [-0.15, -0.1) is 0 Å². The highest BCUT2D eigenvalue weighted by molar-refractivity contribution is 5.62. The Kier molecular flexibility index (Phi) is 12.2. The van der Waals surface area contributed by atoms with Crippen molar-refractivity contribution in [2.24, 2.45) is 5.92 Å². The molecule has 2 saturated carbocycles. The molecule has 0 aromatic carbocycles. The van der Waals surface area contributed by atoms with Crippen LogP contribution in [0.1, 0.15) is 97.3 Å². The molecule has 2 aliphatic carbocycles. The molecule has 0 heterocycles. The predicted molar refractivity (Wildman–Crippen MR) is 119 cm³/mol.